The summed E-state index contributed by atoms with van der Waals surface area (Å²) in [5.41, 5.74) is 0.983. The Hall–Kier alpha value is -1.94. The molecule has 2 nitrogen and oxygen atoms in total. The highest BCUT2D eigenvalue weighted by atomic mass is 19.2. The van der Waals surface area contributed by atoms with Gasteiger partial charge in [0.2, 0.25) is 0 Å². The van der Waals surface area contributed by atoms with E-state index in [1.54, 1.807) is 12.1 Å². The Bertz CT molecular complexity index is 553. The number of rotatable bonds is 4. The van der Waals surface area contributed by atoms with Crippen LogP contribution in [0, 0.1) is 18.6 Å². The molecule has 0 amide bonds. The SMILES string of the molecule is Cc1ccc(OCC(O)c2cccc(F)c2F)cc1. The van der Waals surface area contributed by atoms with Gasteiger partial charge in [0.1, 0.15) is 18.5 Å². The summed E-state index contributed by atoms with van der Waals surface area (Å²) in [6.45, 7) is 1.81. The van der Waals surface area contributed by atoms with Crippen LogP contribution in [0.2, 0.25) is 0 Å². The molecule has 0 aliphatic rings. The minimum absolute atomic E-state index is 0.105. The zero-order chi connectivity index (χ0) is 13.8. The van der Waals surface area contributed by atoms with E-state index in [1.807, 2.05) is 19.1 Å². The molecule has 0 aliphatic heterocycles. The molecule has 2 aromatic carbocycles. The molecule has 0 heterocycles. The van der Waals surface area contributed by atoms with Crippen LogP contribution in [-0.2, 0) is 0 Å². The topological polar surface area (TPSA) is 29.5 Å². The maximum atomic E-state index is 13.4. The van der Waals surface area contributed by atoms with Crippen molar-refractivity contribution in [2.75, 3.05) is 6.61 Å². The summed E-state index contributed by atoms with van der Waals surface area (Å²) in [6, 6.07) is 10.9. The first-order valence-electron chi connectivity index (χ1n) is 5.89. The first kappa shape index (κ1) is 13.5. The van der Waals surface area contributed by atoms with Crippen molar-refractivity contribution in [2.24, 2.45) is 0 Å². The normalized spacial score (nSPS) is 12.2. The number of aryl methyl sites for hydroxylation is 1. The molecule has 2 aromatic rings. The Morgan fingerprint density at radius 3 is 2.47 bits per heavy atom. The van der Waals surface area contributed by atoms with E-state index in [0.717, 1.165) is 11.6 Å². The Labute approximate surface area is 110 Å². The van der Waals surface area contributed by atoms with E-state index in [4.69, 9.17) is 4.74 Å². The van der Waals surface area contributed by atoms with Gasteiger partial charge in [0.05, 0.1) is 0 Å². The molecule has 1 N–H and O–H groups in total. The van der Waals surface area contributed by atoms with Gasteiger partial charge in [-0.1, -0.05) is 29.8 Å². The number of hydrogen-bond donors (Lipinski definition) is 1. The Morgan fingerprint density at radius 1 is 1.11 bits per heavy atom. The van der Waals surface area contributed by atoms with Crippen LogP contribution in [0.4, 0.5) is 8.78 Å². The molecular weight excluding hydrogens is 250 g/mol. The van der Waals surface area contributed by atoms with Crippen molar-refractivity contribution in [3.63, 3.8) is 0 Å². The van der Waals surface area contributed by atoms with Gasteiger partial charge in [0.25, 0.3) is 0 Å². The van der Waals surface area contributed by atoms with Gasteiger partial charge in [-0.2, -0.15) is 0 Å². The molecule has 19 heavy (non-hydrogen) atoms. The van der Waals surface area contributed by atoms with Gasteiger partial charge in [-0.15, -0.1) is 0 Å². The number of aliphatic hydroxyl groups is 1. The third kappa shape index (κ3) is 3.29. The monoisotopic (exact) mass is 264 g/mol. The first-order valence-corrected chi connectivity index (χ1v) is 5.89. The predicted molar refractivity (Wildman–Crippen MR) is 68.0 cm³/mol. The Balaban J connectivity index is 2.03. The lowest BCUT2D eigenvalue weighted by Gasteiger charge is -2.13. The van der Waals surface area contributed by atoms with E-state index in [2.05, 4.69) is 0 Å². The fourth-order valence-corrected chi connectivity index (χ4v) is 1.68. The number of benzene rings is 2. The quantitative estimate of drug-likeness (QED) is 0.917. The molecule has 100 valence electrons. The summed E-state index contributed by atoms with van der Waals surface area (Å²) >= 11 is 0. The second-order valence-corrected chi connectivity index (χ2v) is 4.28. The van der Waals surface area contributed by atoms with E-state index >= 15 is 0 Å². The molecule has 0 fully saturated rings. The fraction of sp³-hybridized carbons (Fsp3) is 0.200. The van der Waals surface area contributed by atoms with Crippen molar-refractivity contribution < 1.29 is 18.6 Å². The van der Waals surface area contributed by atoms with Gasteiger partial charge in [-0.3, -0.25) is 0 Å². The third-order valence-corrected chi connectivity index (χ3v) is 2.77. The molecule has 2 rings (SSSR count). The highest BCUT2D eigenvalue weighted by molar-refractivity contribution is 5.27. The van der Waals surface area contributed by atoms with Crippen LogP contribution in [0.1, 0.15) is 17.2 Å². The Morgan fingerprint density at radius 2 is 1.79 bits per heavy atom. The predicted octanol–water partition coefficient (Wildman–Crippen LogP) is 3.39. The number of halogens is 2. The fourth-order valence-electron chi connectivity index (χ4n) is 1.68. The molecular formula is C15H14F2O2. The third-order valence-electron chi connectivity index (χ3n) is 2.77. The Kier molecular flexibility index (Phi) is 4.12. The molecule has 0 saturated heterocycles. The lowest BCUT2D eigenvalue weighted by atomic mass is 10.1. The molecule has 0 aliphatic carbocycles. The summed E-state index contributed by atoms with van der Waals surface area (Å²) in [4.78, 5) is 0. The highest BCUT2D eigenvalue weighted by Gasteiger charge is 2.16. The van der Waals surface area contributed by atoms with Crippen LogP contribution >= 0.6 is 0 Å². The van der Waals surface area contributed by atoms with Gasteiger partial charge in [-0.05, 0) is 25.1 Å². The lowest BCUT2D eigenvalue weighted by molar-refractivity contribution is 0.104. The molecule has 0 saturated carbocycles. The van der Waals surface area contributed by atoms with Crippen LogP contribution in [-0.4, -0.2) is 11.7 Å². The lowest BCUT2D eigenvalue weighted by Crippen LogP contribution is -2.12. The van der Waals surface area contributed by atoms with Crippen LogP contribution in [0.3, 0.4) is 0 Å². The minimum atomic E-state index is -1.21. The van der Waals surface area contributed by atoms with Crippen LogP contribution in [0.25, 0.3) is 0 Å². The molecule has 0 radical (unpaired) electrons. The summed E-state index contributed by atoms with van der Waals surface area (Å²) < 4.78 is 31.8. The smallest absolute Gasteiger partial charge is 0.164 e. The van der Waals surface area contributed by atoms with Crippen molar-refractivity contribution in [3.05, 3.63) is 65.2 Å². The van der Waals surface area contributed by atoms with Crippen molar-refractivity contribution in [3.8, 4) is 5.75 Å². The summed E-state index contributed by atoms with van der Waals surface area (Å²) in [6.07, 6.45) is -1.21. The number of hydrogen-bond acceptors (Lipinski definition) is 2. The van der Waals surface area contributed by atoms with Gasteiger partial charge in [0.15, 0.2) is 11.6 Å². The molecule has 0 spiro atoms. The zero-order valence-electron chi connectivity index (χ0n) is 10.4. The molecule has 4 heteroatoms. The van der Waals surface area contributed by atoms with Gasteiger partial charge in [0, 0.05) is 5.56 Å². The first-order chi connectivity index (χ1) is 9.08. The van der Waals surface area contributed by atoms with E-state index in [1.165, 1.54) is 12.1 Å². The largest absolute Gasteiger partial charge is 0.491 e. The summed E-state index contributed by atoms with van der Waals surface area (Å²) in [7, 11) is 0. The van der Waals surface area contributed by atoms with E-state index in [0.29, 0.717) is 5.75 Å². The van der Waals surface area contributed by atoms with Crippen LogP contribution < -0.4 is 4.74 Å². The number of ether oxygens (including phenoxy) is 1. The van der Waals surface area contributed by atoms with Crippen molar-refractivity contribution in [1.29, 1.82) is 0 Å². The molecule has 1 atom stereocenters. The zero-order valence-corrected chi connectivity index (χ0v) is 10.4. The standard InChI is InChI=1S/C15H14F2O2/c1-10-5-7-11(8-6-10)19-9-14(18)12-3-2-4-13(16)15(12)17/h2-8,14,18H,9H2,1H3. The second kappa shape index (κ2) is 5.80. The maximum absolute atomic E-state index is 13.4. The number of aliphatic hydroxyl groups excluding tert-OH is 1. The van der Waals surface area contributed by atoms with Crippen molar-refractivity contribution in [2.45, 2.75) is 13.0 Å². The van der Waals surface area contributed by atoms with Gasteiger partial charge < -0.3 is 9.84 Å². The molecule has 1 unspecified atom stereocenters. The highest BCUT2D eigenvalue weighted by Crippen LogP contribution is 2.21. The van der Waals surface area contributed by atoms with Crippen LogP contribution in [0.5, 0.6) is 5.75 Å². The van der Waals surface area contributed by atoms with Crippen molar-refractivity contribution in [1.82, 2.24) is 0 Å². The van der Waals surface area contributed by atoms with E-state index in [-0.39, 0.29) is 12.2 Å². The molecule has 0 aromatic heterocycles. The molecule has 0 bridgehead atoms. The van der Waals surface area contributed by atoms with Crippen molar-refractivity contribution >= 4 is 0 Å². The maximum Gasteiger partial charge on any atom is 0.164 e. The van der Waals surface area contributed by atoms with Gasteiger partial charge in [-0.25, -0.2) is 8.78 Å². The average molecular weight is 264 g/mol. The van der Waals surface area contributed by atoms with E-state index < -0.39 is 17.7 Å². The summed E-state index contributed by atoms with van der Waals surface area (Å²) in [5.74, 6) is -1.45. The van der Waals surface area contributed by atoms with Gasteiger partial charge >= 0.3 is 0 Å². The average Bonchev–Trinajstić information content (AvgIpc) is 2.41. The van der Waals surface area contributed by atoms with E-state index in [9.17, 15) is 13.9 Å². The second-order valence-electron chi connectivity index (χ2n) is 4.28. The minimum Gasteiger partial charge on any atom is -0.491 e. The summed E-state index contributed by atoms with van der Waals surface area (Å²) in [5, 5.41) is 9.81. The van der Waals surface area contributed by atoms with Crippen LogP contribution in [0.15, 0.2) is 42.5 Å².